The molecule has 1 aliphatic rings. The molecule has 0 aromatic rings. The van der Waals surface area contributed by atoms with Gasteiger partial charge >= 0.3 is 0 Å². The second-order valence-corrected chi connectivity index (χ2v) is 3.02. The average Bonchev–Trinajstić information content (AvgIpc) is 1.96. The topological polar surface area (TPSA) is 32.3 Å². The summed E-state index contributed by atoms with van der Waals surface area (Å²) in [7, 11) is 0. The van der Waals surface area contributed by atoms with Gasteiger partial charge in [0.05, 0.1) is 6.10 Å². The standard InChI is InChI=1S/C8H15NO/c1-6-3-4-9-7(2)8(10)5-6/h3,7-10H,4-5H2,1-2H3/t7-,8+/m0/s1. The van der Waals surface area contributed by atoms with Crippen molar-refractivity contribution in [2.45, 2.75) is 32.4 Å². The first-order valence-electron chi connectivity index (χ1n) is 3.77. The normalized spacial score (nSPS) is 34.9. The van der Waals surface area contributed by atoms with Crippen molar-refractivity contribution in [2.24, 2.45) is 0 Å². The number of aliphatic hydroxyl groups is 1. The second-order valence-electron chi connectivity index (χ2n) is 3.02. The molecule has 2 heteroatoms. The lowest BCUT2D eigenvalue weighted by Crippen LogP contribution is -2.35. The van der Waals surface area contributed by atoms with Crippen LogP contribution >= 0.6 is 0 Å². The molecule has 0 aromatic carbocycles. The number of nitrogens with one attached hydrogen (secondary N) is 1. The van der Waals surface area contributed by atoms with Gasteiger partial charge < -0.3 is 10.4 Å². The first-order valence-corrected chi connectivity index (χ1v) is 3.77. The van der Waals surface area contributed by atoms with Crippen molar-refractivity contribution in [1.29, 1.82) is 0 Å². The Labute approximate surface area is 61.9 Å². The third kappa shape index (κ3) is 1.82. The first kappa shape index (κ1) is 7.76. The summed E-state index contributed by atoms with van der Waals surface area (Å²) in [4.78, 5) is 0. The van der Waals surface area contributed by atoms with Crippen molar-refractivity contribution < 1.29 is 5.11 Å². The average molecular weight is 141 g/mol. The summed E-state index contributed by atoms with van der Waals surface area (Å²) in [6, 6.07) is 0.230. The van der Waals surface area contributed by atoms with Gasteiger partial charge in [-0.15, -0.1) is 0 Å². The van der Waals surface area contributed by atoms with Gasteiger partial charge in [-0.2, -0.15) is 0 Å². The van der Waals surface area contributed by atoms with Crippen LogP contribution in [0.1, 0.15) is 20.3 Å². The molecule has 0 saturated carbocycles. The molecule has 2 atom stereocenters. The van der Waals surface area contributed by atoms with E-state index in [1.807, 2.05) is 6.92 Å². The van der Waals surface area contributed by atoms with Gasteiger partial charge in [0.1, 0.15) is 0 Å². The van der Waals surface area contributed by atoms with Crippen molar-refractivity contribution in [3.63, 3.8) is 0 Å². The van der Waals surface area contributed by atoms with Crippen molar-refractivity contribution in [3.8, 4) is 0 Å². The van der Waals surface area contributed by atoms with Gasteiger partial charge in [0.15, 0.2) is 0 Å². The highest BCUT2D eigenvalue weighted by molar-refractivity contribution is 5.04. The Bertz CT molecular complexity index is 142. The van der Waals surface area contributed by atoms with E-state index in [9.17, 15) is 5.11 Å². The Balaban J connectivity index is 2.53. The predicted molar refractivity (Wildman–Crippen MR) is 41.8 cm³/mol. The molecular weight excluding hydrogens is 126 g/mol. The van der Waals surface area contributed by atoms with E-state index in [0.29, 0.717) is 0 Å². The maximum absolute atomic E-state index is 9.42. The van der Waals surface area contributed by atoms with E-state index in [2.05, 4.69) is 18.3 Å². The van der Waals surface area contributed by atoms with E-state index in [-0.39, 0.29) is 12.1 Å². The minimum absolute atomic E-state index is 0.209. The third-order valence-corrected chi connectivity index (χ3v) is 2.00. The molecule has 1 aliphatic heterocycles. The molecule has 58 valence electrons. The highest BCUT2D eigenvalue weighted by Gasteiger charge is 2.15. The van der Waals surface area contributed by atoms with Crippen LogP contribution in [0, 0.1) is 0 Å². The van der Waals surface area contributed by atoms with E-state index >= 15 is 0 Å². The SMILES string of the molecule is CC1=CCN[C@@H](C)[C@H](O)C1. The van der Waals surface area contributed by atoms with Gasteiger partial charge in [-0.3, -0.25) is 0 Å². The van der Waals surface area contributed by atoms with Crippen molar-refractivity contribution in [3.05, 3.63) is 11.6 Å². The fraction of sp³-hybridized carbons (Fsp3) is 0.750. The summed E-state index contributed by atoms with van der Waals surface area (Å²) in [5, 5.41) is 12.6. The predicted octanol–water partition coefficient (Wildman–Crippen LogP) is 0.675. The summed E-state index contributed by atoms with van der Waals surface area (Å²) >= 11 is 0. The molecule has 0 amide bonds. The molecule has 0 spiro atoms. The summed E-state index contributed by atoms with van der Waals surface area (Å²) in [6.45, 7) is 4.96. The summed E-state index contributed by atoms with van der Waals surface area (Å²) < 4.78 is 0. The molecule has 0 unspecified atom stereocenters. The minimum Gasteiger partial charge on any atom is -0.391 e. The Morgan fingerprint density at radius 1 is 1.70 bits per heavy atom. The molecule has 0 radical (unpaired) electrons. The zero-order chi connectivity index (χ0) is 7.56. The third-order valence-electron chi connectivity index (χ3n) is 2.00. The van der Waals surface area contributed by atoms with Crippen LogP contribution in [0.2, 0.25) is 0 Å². The molecule has 0 aromatic heterocycles. The molecule has 0 saturated heterocycles. The van der Waals surface area contributed by atoms with Gasteiger partial charge in [-0.05, 0) is 20.3 Å². The van der Waals surface area contributed by atoms with Gasteiger partial charge in [-0.25, -0.2) is 0 Å². The molecule has 2 N–H and O–H groups in total. The number of hydrogen-bond acceptors (Lipinski definition) is 2. The molecule has 10 heavy (non-hydrogen) atoms. The molecule has 1 heterocycles. The van der Waals surface area contributed by atoms with Crippen LogP contribution < -0.4 is 5.32 Å². The summed E-state index contributed by atoms with van der Waals surface area (Å²) in [5.74, 6) is 0. The molecule has 1 rings (SSSR count). The van der Waals surface area contributed by atoms with Crippen LogP contribution in [0.3, 0.4) is 0 Å². The van der Waals surface area contributed by atoms with E-state index in [0.717, 1.165) is 13.0 Å². The molecule has 0 bridgehead atoms. The highest BCUT2D eigenvalue weighted by atomic mass is 16.3. The van der Waals surface area contributed by atoms with Gasteiger partial charge in [-0.1, -0.05) is 11.6 Å². The van der Waals surface area contributed by atoms with Crippen molar-refractivity contribution >= 4 is 0 Å². The van der Waals surface area contributed by atoms with E-state index < -0.39 is 0 Å². The second kappa shape index (κ2) is 3.17. The highest BCUT2D eigenvalue weighted by Crippen LogP contribution is 2.10. The smallest absolute Gasteiger partial charge is 0.0727 e. The molecule has 0 aliphatic carbocycles. The largest absolute Gasteiger partial charge is 0.391 e. The van der Waals surface area contributed by atoms with Crippen LogP contribution in [-0.4, -0.2) is 23.8 Å². The maximum atomic E-state index is 9.42. The van der Waals surface area contributed by atoms with Crippen LogP contribution in [0.15, 0.2) is 11.6 Å². The monoisotopic (exact) mass is 141 g/mol. The summed E-state index contributed by atoms with van der Waals surface area (Å²) in [6.07, 6.45) is 2.74. The molecule has 0 fully saturated rings. The number of aliphatic hydroxyl groups excluding tert-OH is 1. The Hall–Kier alpha value is -0.340. The van der Waals surface area contributed by atoms with Crippen LogP contribution in [0.25, 0.3) is 0 Å². The van der Waals surface area contributed by atoms with E-state index in [4.69, 9.17) is 0 Å². The van der Waals surface area contributed by atoms with Gasteiger partial charge in [0, 0.05) is 12.6 Å². The lowest BCUT2D eigenvalue weighted by atomic mass is 10.1. The fourth-order valence-corrected chi connectivity index (χ4v) is 1.15. The van der Waals surface area contributed by atoms with Gasteiger partial charge in [0.2, 0.25) is 0 Å². The van der Waals surface area contributed by atoms with Crippen molar-refractivity contribution in [2.75, 3.05) is 6.54 Å². The van der Waals surface area contributed by atoms with E-state index in [1.165, 1.54) is 5.57 Å². The number of hydrogen-bond donors (Lipinski definition) is 2. The van der Waals surface area contributed by atoms with E-state index in [1.54, 1.807) is 0 Å². The first-order chi connectivity index (χ1) is 4.70. The van der Waals surface area contributed by atoms with Crippen LogP contribution in [-0.2, 0) is 0 Å². The zero-order valence-corrected chi connectivity index (χ0v) is 6.59. The minimum atomic E-state index is -0.209. The van der Waals surface area contributed by atoms with Gasteiger partial charge in [0.25, 0.3) is 0 Å². The van der Waals surface area contributed by atoms with Crippen molar-refractivity contribution in [1.82, 2.24) is 5.32 Å². The molecular formula is C8H15NO. The number of rotatable bonds is 0. The summed E-state index contributed by atoms with van der Waals surface area (Å²) in [5.41, 5.74) is 1.28. The van der Waals surface area contributed by atoms with Crippen LogP contribution in [0.4, 0.5) is 0 Å². The Morgan fingerprint density at radius 2 is 2.40 bits per heavy atom. The Morgan fingerprint density at radius 3 is 3.10 bits per heavy atom. The Kier molecular flexibility index (Phi) is 2.46. The zero-order valence-electron chi connectivity index (χ0n) is 6.59. The lowest BCUT2D eigenvalue weighted by molar-refractivity contribution is 0.139. The molecule has 2 nitrogen and oxygen atoms in total. The quantitative estimate of drug-likeness (QED) is 0.486. The lowest BCUT2D eigenvalue weighted by Gasteiger charge is -2.16. The fourth-order valence-electron chi connectivity index (χ4n) is 1.15. The maximum Gasteiger partial charge on any atom is 0.0727 e. The van der Waals surface area contributed by atoms with Crippen LogP contribution in [0.5, 0.6) is 0 Å².